The van der Waals surface area contributed by atoms with Crippen molar-refractivity contribution in [1.29, 1.82) is 0 Å². The highest BCUT2D eigenvalue weighted by Crippen LogP contribution is 2.14. The van der Waals surface area contributed by atoms with Gasteiger partial charge in [-0.3, -0.25) is 4.79 Å². The van der Waals surface area contributed by atoms with Crippen LogP contribution < -0.4 is 0 Å². The van der Waals surface area contributed by atoms with Gasteiger partial charge in [-0.2, -0.15) is 0 Å². The molecule has 0 aliphatic carbocycles. The van der Waals surface area contributed by atoms with Crippen molar-refractivity contribution in [1.82, 2.24) is 0 Å². The Balaban J connectivity index is 4.60. The van der Waals surface area contributed by atoms with Gasteiger partial charge in [0.15, 0.2) is 15.1 Å². The first-order valence-electron chi connectivity index (χ1n) is 6.37. The molecule has 0 fully saturated rings. The summed E-state index contributed by atoms with van der Waals surface area (Å²) < 4.78 is 28.9. The Bertz CT molecular complexity index is 308. The zero-order valence-corrected chi connectivity index (χ0v) is 11.9. The Morgan fingerprint density at radius 2 is 1.76 bits per heavy atom. The van der Waals surface area contributed by atoms with E-state index in [2.05, 4.69) is 0 Å². The summed E-state index contributed by atoms with van der Waals surface area (Å²) >= 11 is 0. The minimum Gasteiger partial charge on any atom is -0.465 e. The number of rotatable bonds is 9. The van der Waals surface area contributed by atoms with Crippen molar-refractivity contribution >= 4 is 15.8 Å². The van der Waals surface area contributed by atoms with Crippen molar-refractivity contribution in [3.63, 3.8) is 0 Å². The molecular formula is C12H24O4S. The maximum atomic E-state index is 12.0. The van der Waals surface area contributed by atoms with Crippen LogP contribution >= 0.6 is 0 Å². The van der Waals surface area contributed by atoms with Crippen LogP contribution in [0.3, 0.4) is 0 Å². The van der Waals surface area contributed by atoms with Crippen LogP contribution in [-0.4, -0.2) is 32.0 Å². The number of hydrogen-bond donors (Lipinski definition) is 0. The summed E-state index contributed by atoms with van der Waals surface area (Å²) in [5, 5.41) is -0.968. The molecule has 1 atom stereocenters. The van der Waals surface area contributed by atoms with Gasteiger partial charge in [-0.05, 0) is 19.8 Å². The molecule has 0 amide bonds. The zero-order chi connectivity index (χ0) is 13.3. The summed E-state index contributed by atoms with van der Waals surface area (Å²) in [7, 11) is -3.35. The van der Waals surface area contributed by atoms with Gasteiger partial charge in [0.05, 0.1) is 12.4 Å². The topological polar surface area (TPSA) is 60.4 Å². The first-order valence-corrected chi connectivity index (χ1v) is 8.09. The zero-order valence-electron chi connectivity index (χ0n) is 11.1. The van der Waals surface area contributed by atoms with E-state index in [4.69, 9.17) is 4.74 Å². The van der Waals surface area contributed by atoms with Crippen LogP contribution in [0.5, 0.6) is 0 Å². The van der Waals surface area contributed by atoms with Gasteiger partial charge in [-0.1, -0.05) is 33.1 Å². The quantitative estimate of drug-likeness (QED) is 0.473. The molecule has 0 radical (unpaired) electrons. The average Bonchev–Trinajstić information content (AvgIpc) is 2.26. The molecule has 0 saturated heterocycles. The van der Waals surface area contributed by atoms with Gasteiger partial charge in [0.2, 0.25) is 0 Å². The van der Waals surface area contributed by atoms with Gasteiger partial charge >= 0.3 is 5.97 Å². The van der Waals surface area contributed by atoms with Crippen molar-refractivity contribution in [2.24, 2.45) is 0 Å². The molecule has 0 aromatic rings. The number of hydrogen-bond acceptors (Lipinski definition) is 4. The molecule has 4 nitrogen and oxygen atoms in total. The van der Waals surface area contributed by atoms with Gasteiger partial charge in [-0.15, -0.1) is 0 Å². The van der Waals surface area contributed by atoms with Gasteiger partial charge in [-0.25, -0.2) is 8.42 Å². The molecule has 102 valence electrons. The number of carbonyl (C=O) groups is 1. The van der Waals surface area contributed by atoms with Crippen LogP contribution in [0.4, 0.5) is 0 Å². The highest BCUT2D eigenvalue weighted by Gasteiger charge is 2.32. The second-order valence-electron chi connectivity index (χ2n) is 4.10. The molecule has 0 N–H and O–H groups in total. The molecule has 0 aromatic carbocycles. The molecule has 0 heterocycles. The molecule has 0 aliphatic heterocycles. The molecule has 0 aromatic heterocycles. The fourth-order valence-electron chi connectivity index (χ4n) is 1.64. The highest BCUT2D eigenvalue weighted by molar-refractivity contribution is 7.92. The standard InChI is InChI=1S/C12H24O4S/c1-4-7-8-10-17(14,15)11(9-5-2)12(13)16-6-3/h11H,4-10H2,1-3H3. The van der Waals surface area contributed by atoms with Crippen LogP contribution in [0, 0.1) is 0 Å². The van der Waals surface area contributed by atoms with Crippen molar-refractivity contribution < 1.29 is 17.9 Å². The van der Waals surface area contributed by atoms with Gasteiger partial charge < -0.3 is 4.74 Å². The number of sulfone groups is 1. The second-order valence-corrected chi connectivity index (χ2v) is 6.41. The van der Waals surface area contributed by atoms with Gasteiger partial charge in [0.25, 0.3) is 0 Å². The Labute approximate surface area is 105 Å². The third kappa shape index (κ3) is 6.05. The lowest BCUT2D eigenvalue weighted by molar-refractivity contribution is -0.142. The average molecular weight is 264 g/mol. The van der Waals surface area contributed by atoms with Crippen LogP contribution in [0.15, 0.2) is 0 Å². The molecule has 0 aliphatic rings. The summed E-state index contributed by atoms with van der Waals surface area (Å²) in [4.78, 5) is 11.6. The third-order valence-electron chi connectivity index (χ3n) is 2.57. The number of ether oxygens (including phenoxy) is 1. The van der Waals surface area contributed by atoms with E-state index in [1.54, 1.807) is 6.92 Å². The lowest BCUT2D eigenvalue weighted by Gasteiger charge is -2.15. The lowest BCUT2D eigenvalue weighted by Crippen LogP contribution is -2.33. The van der Waals surface area contributed by atoms with Crippen LogP contribution in [-0.2, 0) is 19.4 Å². The summed E-state index contributed by atoms with van der Waals surface area (Å²) in [5.41, 5.74) is 0. The van der Waals surface area contributed by atoms with Gasteiger partial charge in [0, 0.05) is 0 Å². The predicted octanol–water partition coefficient (Wildman–Crippen LogP) is 2.32. The summed E-state index contributed by atoms with van der Waals surface area (Å²) in [6, 6.07) is 0. The van der Waals surface area contributed by atoms with Gasteiger partial charge in [0.1, 0.15) is 0 Å². The minimum absolute atomic E-state index is 0.0876. The molecule has 0 saturated carbocycles. The molecule has 1 unspecified atom stereocenters. The largest absolute Gasteiger partial charge is 0.465 e. The van der Waals surface area contributed by atoms with Crippen LogP contribution in [0.1, 0.15) is 52.9 Å². The first kappa shape index (κ1) is 16.4. The van der Waals surface area contributed by atoms with E-state index >= 15 is 0 Å². The fraction of sp³-hybridized carbons (Fsp3) is 0.917. The van der Waals surface area contributed by atoms with Crippen molar-refractivity contribution in [3.05, 3.63) is 0 Å². The van der Waals surface area contributed by atoms with Crippen LogP contribution in [0.25, 0.3) is 0 Å². The van der Waals surface area contributed by atoms with E-state index in [1.807, 2.05) is 13.8 Å². The fourth-order valence-corrected chi connectivity index (χ4v) is 3.48. The maximum absolute atomic E-state index is 12.0. The normalized spacial score (nSPS) is 13.4. The molecule has 0 rings (SSSR count). The Morgan fingerprint density at radius 1 is 1.12 bits per heavy atom. The Morgan fingerprint density at radius 3 is 2.24 bits per heavy atom. The Kier molecular flexibility index (Phi) is 8.21. The summed E-state index contributed by atoms with van der Waals surface area (Å²) in [5.74, 6) is -0.504. The highest BCUT2D eigenvalue weighted by atomic mass is 32.2. The maximum Gasteiger partial charge on any atom is 0.324 e. The molecule has 5 heteroatoms. The smallest absolute Gasteiger partial charge is 0.324 e. The van der Waals surface area contributed by atoms with Crippen molar-refractivity contribution in [2.45, 2.75) is 58.1 Å². The van der Waals surface area contributed by atoms with Crippen molar-refractivity contribution in [3.8, 4) is 0 Å². The lowest BCUT2D eigenvalue weighted by atomic mass is 10.2. The van der Waals surface area contributed by atoms with E-state index in [0.717, 1.165) is 12.8 Å². The van der Waals surface area contributed by atoms with E-state index in [0.29, 0.717) is 19.3 Å². The predicted molar refractivity (Wildman–Crippen MR) is 68.6 cm³/mol. The minimum atomic E-state index is -3.35. The number of unbranched alkanes of at least 4 members (excludes halogenated alkanes) is 2. The number of esters is 1. The number of carbonyl (C=O) groups excluding carboxylic acids is 1. The van der Waals surface area contributed by atoms with E-state index < -0.39 is 21.1 Å². The third-order valence-corrected chi connectivity index (χ3v) is 4.72. The van der Waals surface area contributed by atoms with E-state index in [1.165, 1.54) is 0 Å². The van der Waals surface area contributed by atoms with E-state index in [9.17, 15) is 13.2 Å². The molecule has 0 bridgehead atoms. The molecule has 0 spiro atoms. The molecular weight excluding hydrogens is 240 g/mol. The summed E-state index contributed by atoms with van der Waals surface area (Å²) in [6.45, 7) is 5.80. The van der Waals surface area contributed by atoms with Crippen molar-refractivity contribution in [2.75, 3.05) is 12.4 Å². The molecule has 17 heavy (non-hydrogen) atoms. The first-order chi connectivity index (χ1) is 7.99. The van der Waals surface area contributed by atoms with E-state index in [-0.39, 0.29) is 12.4 Å². The summed E-state index contributed by atoms with van der Waals surface area (Å²) in [6.07, 6.45) is 3.48. The monoisotopic (exact) mass is 264 g/mol. The second kappa shape index (κ2) is 8.50. The SMILES string of the molecule is CCCCCS(=O)(=O)C(CCC)C(=O)OCC. The van der Waals surface area contributed by atoms with Crippen LogP contribution in [0.2, 0.25) is 0 Å². The Hall–Kier alpha value is -0.580.